The van der Waals surface area contributed by atoms with Crippen molar-refractivity contribution >= 4 is 23.4 Å². The highest BCUT2D eigenvalue weighted by molar-refractivity contribution is 6.30. The monoisotopic (exact) mass is 407 g/mol. The Morgan fingerprint density at radius 2 is 2.18 bits per heavy atom. The molecule has 0 spiro atoms. The van der Waals surface area contributed by atoms with E-state index in [1.807, 2.05) is 0 Å². The molecule has 1 aromatic heterocycles. The van der Waals surface area contributed by atoms with E-state index < -0.39 is 5.82 Å². The number of carbonyl (C=O) groups is 2. The molecule has 7 nitrogen and oxygen atoms in total. The van der Waals surface area contributed by atoms with Crippen LogP contribution in [0.2, 0.25) is 5.02 Å². The van der Waals surface area contributed by atoms with Crippen LogP contribution < -0.4 is 15.4 Å². The van der Waals surface area contributed by atoms with Crippen LogP contribution in [-0.2, 0) is 4.79 Å². The highest BCUT2D eigenvalue weighted by atomic mass is 35.5. The fraction of sp³-hybridized carbons (Fsp3) is 0.316. The third-order valence-electron chi connectivity index (χ3n) is 4.09. The first-order valence-electron chi connectivity index (χ1n) is 8.72. The van der Waals surface area contributed by atoms with Gasteiger partial charge in [0, 0.05) is 30.6 Å². The molecule has 2 amide bonds. The van der Waals surface area contributed by atoms with Gasteiger partial charge in [-0.1, -0.05) is 23.3 Å². The molecule has 0 saturated heterocycles. The molecule has 0 radical (unpaired) electrons. The Morgan fingerprint density at radius 3 is 2.89 bits per heavy atom. The van der Waals surface area contributed by atoms with E-state index in [9.17, 15) is 14.0 Å². The summed E-state index contributed by atoms with van der Waals surface area (Å²) >= 11 is 5.58. The number of ether oxygens (including phenoxy) is 1. The summed E-state index contributed by atoms with van der Waals surface area (Å²) in [7, 11) is 0. The number of nitrogens with zero attached hydrogens (tertiary/aromatic N) is 1. The molecule has 0 unspecified atom stereocenters. The van der Waals surface area contributed by atoms with Crippen LogP contribution in [0.5, 0.6) is 5.75 Å². The van der Waals surface area contributed by atoms with E-state index in [-0.39, 0.29) is 41.7 Å². The van der Waals surface area contributed by atoms with Crippen LogP contribution in [-0.4, -0.2) is 30.1 Å². The maximum atomic E-state index is 13.3. The van der Waals surface area contributed by atoms with E-state index in [2.05, 4.69) is 22.4 Å². The van der Waals surface area contributed by atoms with E-state index >= 15 is 0 Å². The molecule has 1 fully saturated rings. The lowest BCUT2D eigenvalue weighted by atomic mass is 10.2. The topological polar surface area (TPSA) is 93.5 Å². The summed E-state index contributed by atoms with van der Waals surface area (Å²) in [6, 6.07) is 3.92. The number of halogens is 2. The van der Waals surface area contributed by atoms with Gasteiger partial charge in [-0.05, 0) is 25.0 Å². The van der Waals surface area contributed by atoms with Gasteiger partial charge in [0.15, 0.2) is 12.4 Å². The van der Waals surface area contributed by atoms with Crippen molar-refractivity contribution in [1.29, 1.82) is 0 Å². The Labute approximate surface area is 165 Å². The molecule has 1 aliphatic rings. The smallest absolute Gasteiger partial charge is 0.260 e. The number of carbonyl (C=O) groups excluding carboxylic acids is 2. The van der Waals surface area contributed by atoms with Crippen molar-refractivity contribution in [3.05, 3.63) is 58.8 Å². The maximum absolute atomic E-state index is 13.3. The average molecular weight is 408 g/mol. The van der Waals surface area contributed by atoms with Gasteiger partial charge in [-0.3, -0.25) is 9.59 Å². The molecule has 0 aliphatic heterocycles. The van der Waals surface area contributed by atoms with Gasteiger partial charge in [-0.25, -0.2) is 4.39 Å². The van der Waals surface area contributed by atoms with Gasteiger partial charge < -0.3 is 19.9 Å². The van der Waals surface area contributed by atoms with Gasteiger partial charge in [0.05, 0.1) is 11.2 Å². The van der Waals surface area contributed by atoms with Crippen LogP contribution in [0.3, 0.4) is 0 Å². The van der Waals surface area contributed by atoms with Crippen molar-refractivity contribution in [1.82, 2.24) is 15.8 Å². The number of hydrogen-bond donors (Lipinski definition) is 2. The second kappa shape index (κ2) is 8.88. The summed E-state index contributed by atoms with van der Waals surface area (Å²) in [4.78, 5) is 24.0. The zero-order valence-electron chi connectivity index (χ0n) is 15.0. The minimum atomic E-state index is -0.621. The predicted octanol–water partition coefficient (Wildman–Crippen LogP) is 3.17. The second-order valence-corrected chi connectivity index (χ2v) is 6.81. The van der Waals surface area contributed by atoms with E-state index in [4.69, 9.17) is 20.9 Å². The number of amides is 2. The largest absolute Gasteiger partial charge is 0.484 e. The number of aromatic nitrogens is 1. The minimum Gasteiger partial charge on any atom is -0.484 e. The van der Waals surface area contributed by atoms with Crippen LogP contribution in [0, 0.1) is 5.82 Å². The Bertz CT molecular complexity index is 895. The van der Waals surface area contributed by atoms with Crippen molar-refractivity contribution in [2.45, 2.75) is 25.2 Å². The zero-order valence-corrected chi connectivity index (χ0v) is 15.7. The van der Waals surface area contributed by atoms with Gasteiger partial charge in [-0.2, -0.15) is 0 Å². The van der Waals surface area contributed by atoms with E-state index in [0.29, 0.717) is 23.4 Å². The summed E-state index contributed by atoms with van der Waals surface area (Å²) in [5.74, 6) is -0.255. The summed E-state index contributed by atoms with van der Waals surface area (Å²) in [6.45, 7) is 3.77. The Kier molecular flexibility index (Phi) is 6.30. The number of benzene rings is 1. The second-order valence-electron chi connectivity index (χ2n) is 6.40. The Balaban J connectivity index is 1.36. The van der Waals surface area contributed by atoms with Gasteiger partial charge in [0.25, 0.3) is 11.8 Å². The molecule has 0 bridgehead atoms. The number of hydrogen-bond acceptors (Lipinski definition) is 5. The molecule has 1 aliphatic carbocycles. The zero-order chi connectivity index (χ0) is 20.1. The molecule has 1 saturated carbocycles. The van der Waals surface area contributed by atoms with Gasteiger partial charge in [-0.15, -0.1) is 0 Å². The summed E-state index contributed by atoms with van der Waals surface area (Å²) in [6.07, 6.45) is 3.73. The minimum absolute atomic E-state index is 0.0205. The van der Waals surface area contributed by atoms with Gasteiger partial charge in [0.2, 0.25) is 0 Å². The lowest BCUT2D eigenvalue weighted by molar-refractivity contribution is -0.123. The highest BCUT2D eigenvalue weighted by Crippen LogP contribution is 2.41. The van der Waals surface area contributed by atoms with Crippen LogP contribution in [0.1, 0.15) is 41.3 Å². The molecular weight excluding hydrogens is 389 g/mol. The maximum Gasteiger partial charge on any atom is 0.260 e. The SMILES string of the molecule is C=C(CCNC(=O)COc1ccc(Cl)c(F)c1)NC(=O)c1cnoc1C1CC1. The number of rotatable bonds is 9. The summed E-state index contributed by atoms with van der Waals surface area (Å²) in [5.41, 5.74) is 0.866. The molecule has 0 atom stereocenters. The van der Waals surface area contributed by atoms with Crippen molar-refractivity contribution < 1.29 is 23.2 Å². The van der Waals surface area contributed by atoms with Gasteiger partial charge in [0.1, 0.15) is 17.1 Å². The lowest BCUT2D eigenvalue weighted by Gasteiger charge is -2.10. The third-order valence-corrected chi connectivity index (χ3v) is 4.40. The molecule has 148 valence electrons. The van der Waals surface area contributed by atoms with Crippen molar-refractivity contribution in [2.24, 2.45) is 0 Å². The summed E-state index contributed by atoms with van der Waals surface area (Å²) < 4.78 is 23.6. The Hall–Kier alpha value is -2.87. The summed E-state index contributed by atoms with van der Waals surface area (Å²) in [5, 5.41) is 8.97. The highest BCUT2D eigenvalue weighted by Gasteiger charge is 2.32. The average Bonchev–Trinajstić information content (AvgIpc) is 3.38. The molecule has 1 heterocycles. The standard InChI is InChI=1S/C19H19ClFN3O4/c1-11(24-19(26)14-9-23-28-18(14)12-2-3-12)6-7-22-17(25)10-27-13-4-5-15(20)16(21)8-13/h4-5,8-9,12H,1-3,6-7,10H2,(H,22,25)(H,24,26). The first-order valence-corrected chi connectivity index (χ1v) is 9.10. The first-order chi connectivity index (χ1) is 13.4. The van der Waals surface area contributed by atoms with E-state index in [1.54, 1.807) is 0 Å². The van der Waals surface area contributed by atoms with E-state index in [0.717, 1.165) is 18.9 Å². The fourth-order valence-electron chi connectivity index (χ4n) is 2.47. The molecule has 9 heteroatoms. The normalized spacial score (nSPS) is 13.1. The van der Waals surface area contributed by atoms with Crippen LogP contribution >= 0.6 is 11.6 Å². The fourth-order valence-corrected chi connectivity index (χ4v) is 2.59. The van der Waals surface area contributed by atoms with Gasteiger partial charge >= 0.3 is 0 Å². The molecule has 2 N–H and O–H groups in total. The molecule has 1 aromatic carbocycles. The van der Waals surface area contributed by atoms with Crippen molar-refractivity contribution in [3.8, 4) is 5.75 Å². The van der Waals surface area contributed by atoms with Crippen LogP contribution in [0.15, 0.2) is 41.2 Å². The van der Waals surface area contributed by atoms with Crippen molar-refractivity contribution in [2.75, 3.05) is 13.2 Å². The quantitative estimate of drug-likeness (QED) is 0.666. The van der Waals surface area contributed by atoms with Crippen LogP contribution in [0.4, 0.5) is 4.39 Å². The van der Waals surface area contributed by atoms with Crippen molar-refractivity contribution in [3.63, 3.8) is 0 Å². The molecule has 2 aromatic rings. The number of nitrogens with one attached hydrogen (secondary N) is 2. The third kappa shape index (κ3) is 5.32. The predicted molar refractivity (Wildman–Crippen MR) is 99.6 cm³/mol. The molecular formula is C19H19ClFN3O4. The van der Waals surface area contributed by atoms with Crippen LogP contribution in [0.25, 0.3) is 0 Å². The molecule has 28 heavy (non-hydrogen) atoms. The molecule has 3 rings (SSSR count). The van der Waals surface area contributed by atoms with E-state index in [1.165, 1.54) is 18.3 Å². The lowest BCUT2D eigenvalue weighted by Crippen LogP contribution is -2.31. The first kappa shape index (κ1) is 19.9. The Morgan fingerprint density at radius 1 is 1.39 bits per heavy atom.